The predicted octanol–water partition coefficient (Wildman–Crippen LogP) is 5.69. The average Bonchev–Trinajstić information content (AvgIpc) is 3.35. The zero-order chi connectivity index (χ0) is 23.5. The van der Waals surface area contributed by atoms with Gasteiger partial charge >= 0.3 is 0 Å². The van der Waals surface area contributed by atoms with Crippen LogP contribution in [-0.4, -0.2) is 37.9 Å². The lowest BCUT2D eigenvalue weighted by Gasteiger charge is -2.14. The van der Waals surface area contributed by atoms with Gasteiger partial charge in [-0.1, -0.05) is 41.9 Å². The van der Waals surface area contributed by atoms with E-state index in [2.05, 4.69) is 26.6 Å². The van der Waals surface area contributed by atoms with Crippen molar-refractivity contribution in [3.05, 3.63) is 77.8 Å². The van der Waals surface area contributed by atoms with Crippen molar-refractivity contribution in [1.82, 2.24) is 25.1 Å². The van der Waals surface area contributed by atoms with Crippen molar-refractivity contribution in [3.63, 3.8) is 0 Å². The Morgan fingerprint density at radius 3 is 2.65 bits per heavy atom. The molecule has 170 valence electrons. The highest BCUT2D eigenvalue weighted by atomic mass is 35.5. The first kappa shape index (κ1) is 22.2. The number of pyridine rings is 1. The Hall–Kier alpha value is -3.62. The number of fused-ring (bicyclic) bond motifs is 1. The first-order chi connectivity index (χ1) is 16.6. The highest BCUT2D eigenvalue weighted by Crippen LogP contribution is 2.35. The number of aromatic amines is 1. The number of nitrogens with two attached hydrogens (primary N) is 1. The lowest BCUT2D eigenvalue weighted by atomic mass is 10.0. The fraction of sp³-hybridized carbons (Fsp3) is 0.120. The monoisotopic (exact) mass is 487 g/mol. The molecule has 3 heterocycles. The van der Waals surface area contributed by atoms with E-state index in [1.165, 1.54) is 0 Å². The Kier molecular flexibility index (Phi) is 6.33. The smallest absolute Gasteiger partial charge is 0.146 e. The lowest BCUT2D eigenvalue weighted by molar-refractivity contribution is 0.950. The molecule has 5 aromatic rings. The number of aromatic nitrogens is 5. The van der Waals surface area contributed by atoms with Gasteiger partial charge in [0.05, 0.1) is 45.7 Å². The second-order valence-corrected chi connectivity index (χ2v) is 8.99. The van der Waals surface area contributed by atoms with Crippen LogP contribution in [0, 0.1) is 0 Å². The number of nitrogen functional groups attached to an aromatic ring is 1. The largest absolute Gasteiger partial charge is 0.383 e. The van der Waals surface area contributed by atoms with Gasteiger partial charge in [-0.25, -0.2) is 9.97 Å². The molecule has 0 aliphatic rings. The summed E-state index contributed by atoms with van der Waals surface area (Å²) in [6.45, 7) is 0.643. The van der Waals surface area contributed by atoms with Crippen molar-refractivity contribution in [1.29, 1.82) is 0 Å². The first-order valence-electron chi connectivity index (χ1n) is 10.7. The minimum absolute atomic E-state index is 0.413. The van der Waals surface area contributed by atoms with Gasteiger partial charge in [-0.3, -0.25) is 10.1 Å². The van der Waals surface area contributed by atoms with Crippen molar-refractivity contribution in [2.24, 2.45) is 0 Å². The molecule has 0 aliphatic carbocycles. The number of hydrogen-bond donors (Lipinski definition) is 3. The SMILES string of the molecule is CSc1cncc(NCCc2nc(-c3cc(Cl)c4[nH]ncc4c3)c(-c3ccccc3)nc2N)c1. The second kappa shape index (κ2) is 9.70. The van der Waals surface area contributed by atoms with Gasteiger partial charge in [0.1, 0.15) is 5.82 Å². The van der Waals surface area contributed by atoms with Crippen molar-refractivity contribution in [3.8, 4) is 22.5 Å². The zero-order valence-corrected chi connectivity index (χ0v) is 20.0. The molecule has 7 nitrogen and oxygen atoms in total. The van der Waals surface area contributed by atoms with Crippen LogP contribution >= 0.6 is 23.4 Å². The lowest BCUT2D eigenvalue weighted by Crippen LogP contribution is -2.11. The number of rotatable bonds is 7. The van der Waals surface area contributed by atoms with E-state index in [1.54, 1.807) is 24.2 Å². The zero-order valence-electron chi connectivity index (χ0n) is 18.4. The summed E-state index contributed by atoms with van der Waals surface area (Å²) < 4.78 is 0. The molecule has 5 rings (SSSR count). The molecular weight excluding hydrogens is 466 g/mol. The quantitative estimate of drug-likeness (QED) is 0.253. The average molecular weight is 488 g/mol. The van der Waals surface area contributed by atoms with Crippen molar-refractivity contribution in [2.75, 3.05) is 23.9 Å². The third kappa shape index (κ3) is 4.55. The van der Waals surface area contributed by atoms with E-state index < -0.39 is 0 Å². The topological polar surface area (TPSA) is 105 Å². The molecule has 2 aromatic carbocycles. The van der Waals surface area contributed by atoms with E-state index in [-0.39, 0.29) is 0 Å². The Morgan fingerprint density at radius 2 is 1.82 bits per heavy atom. The molecule has 0 amide bonds. The normalized spacial score (nSPS) is 11.1. The minimum atomic E-state index is 0.413. The Bertz CT molecular complexity index is 1450. The molecule has 0 radical (unpaired) electrons. The molecular formula is C25H22ClN7S. The van der Waals surface area contributed by atoms with Crippen LogP contribution in [0.15, 0.2) is 72.0 Å². The third-order valence-corrected chi connectivity index (χ3v) is 6.45. The predicted molar refractivity (Wildman–Crippen MR) is 140 cm³/mol. The van der Waals surface area contributed by atoms with Crippen LogP contribution in [0.25, 0.3) is 33.4 Å². The van der Waals surface area contributed by atoms with Gasteiger partial charge in [0.2, 0.25) is 0 Å². The summed E-state index contributed by atoms with van der Waals surface area (Å²) in [5, 5.41) is 11.9. The first-order valence-corrected chi connectivity index (χ1v) is 12.3. The molecule has 0 saturated carbocycles. The number of H-pyrrole nitrogens is 1. The number of nitrogens with one attached hydrogen (secondary N) is 2. The summed E-state index contributed by atoms with van der Waals surface area (Å²) in [5.74, 6) is 0.413. The van der Waals surface area contributed by atoms with E-state index >= 15 is 0 Å². The summed E-state index contributed by atoms with van der Waals surface area (Å²) in [7, 11) is 0. The van der Waals surface area contributed by atoms with E-state index in [0.717, 1.165) is 44.0 Å². The van der Waals surface area contributed by atoms with Gasteiger partial charge in [0, 0.05) is 40.6 Å². The molecule has 0 bridgehead atoms. The van der Waals surface area contributed by atoms with Crippen LogP contribution in [0.3, 0.4) is 0 Å². The number of benzene rings is 2. The molecule has 0 atom stereocenters. The molecule has 0 spiro atoms. The maximum Gasteiger partial charge on any atom is 0.146 e. The molecule has 3 aromatic heterocycles. The van der Waals surface area contributed by atoms with Crippen LogP contribution in [0.1, 0.15) is 5.69 Å². The molecule has 9 heteroatoms. The molecule has 4 N–H and O–H groups in total. The van der Waals surface area contributed by atoms with E-state index in [0.29, 0.717) is 29.5 Å². The van der Waals surface area contributed by atoms with E-state index in [1.807, 2.05) is 54.9 Å². The van der Waals surface area contributed by atoms with Crippen molar-refractivity contribution < 1.29 is 0 Å². The fourth-order valence-corrected chi connectivity index (χ4v) is 4.45. The summed E-state index contributed by atoms with van der Waals surface area (Å²) in [6, 6.07) is 15.9. The molecule has 0 unspecified atom stereocenters. The van der Waals surface area contributed by atoms with Crippen molar-refractivity contribution in [2.45, 2.75) is 11.3 Å². The summed E-state index contributed by atoms with van der Waals surface area (Å²) in [6.07, 6.45) is 8.03. The van der Waals surface area contributed by atoms with E-state index in [9.17, 15) is 0 Å². The maximum atomic E-state index is 6.54. The van der Waals surface area contributed by atoms with Crippen LogP contribution in [0.4, 0.5) is 11.5 Å². The molecule has 0 saturated heterocycles. The van der Waals surface area contributed by atoms with Crippen LogP contribution < -0.4 is 11.1 Å². The number of halogens is 1. The number of hydrogen-bond acceptors (Lipinski definition) is 7. The van der Waals surface area contributed by atoms with E-state index in [4.69, 9.17) is 27.3 Å². The summed E-state index contributed by atoms with van der Waals surface area (Å²) >= 11 is 8.19. The number of nitrogens with zero attached hydrogens (tertiary/aromatic N) is 4. The van der Waals surface area contributed by atoms with Gasteiger partial charge in [0.25, 0.3) is 0 Å². The maximum absolute atomic E-state index is 6.54. The van der Waals surface area contributed by atoms with Gasteiger partial charge in [-0.05, 0) is 24.5 Å². The molecule has 0 aliphatic heterocycles. The Balaban J connectivity index is 1.52. The number of anilines is 2. The highest BCUT2D eigenvalue weighted by molar-refractivity contribution is 7.98. The van der Waals surface area contributed by atoms with Gasteiger partial charge in [0.15, 0.2) is 0 Å². The Morgan fingerprint density at radius 1 is 1.00 bits per heavy atom. The fourth-order valence-electron chi connectivity index (χ4n) is 3.77. The molecule has 34 heavy (non-hydrogen) atoms. The van der Waals surface area contributed by atoms with Crippen LogP contribution in [-0.2, 0) is 6.42 Å². The Labute approximate surface area is 206 Å². The third-order valence-electron chi connectivity index (χ3n) is 5.46. The van der Waals surface area contributed by atoms with Crippen molar-refractivity contribution >= 4 is 45.8 Å². The minimum Gasteiger partial charge on any atom is -0.383 e. The highest BCUT2D eigenvalue weighted by Gasteiger charge is 2.17. The summed E-state index contributed by atoms with van der Waals surface area (Å²) in [5.41, 5.74) is 12.1. The van der Waals surface area contributed by atoms with Crippen LogP contribution in [0.2, 0.25) is 5.02 Å². The van der Waals surface area contributed by atoms with Gasteiger partial charge in [-0.15, -0.1) is 11.8 Å². The van der Waals surface area contributed by atoms with Gasteiger partial charge < -0.3 is 11.1 Å². The number of thioether (sulfide) groups is 1. The molecule has 0 fully saturated rings. The standard InChI is InChI=1S/C25H22ClN7S/c1-34-19-11-18(13-28-14-19)29-8-7-21-25(27)32-23(15-5-3-2-4-6-15)24(31-21)16-9-17-12-30-33-22(17)20(26)10-16/h2-6,9-14,29H,7-8H2,1H3,(H2,27,32)(H,30,33). The second-order valence-electron chi connectivity index (χ2n) is 7.70. The summed E-state index contributed by atoms with van der Waals surface area (Å²) in [4.78, 5) is 15.1. The van der Waals surface area contributed by atoms with Crippen LogP contribution in [0.5, 0.6) is 0 Å². The van der Waals surface area contributed by atoms with Gasteiger partial charge in [-0.2, -0.15) is 5.10 Å².